The van der Waals surface area contributed by atoms with Crippen molar-refractivity contribution in [2.75, 3.05) is 37.0 Å². The van der Waals surface area contributed by atoms with Gasteiger partial charge in [0.15, 0.2) is 0 Å². The predicted molar refractivity (Wildman–Crippen MR) is 79.9 cm³/mol. The van der Waals surface area contributed by atoms with Gasteiger partial charge in [0.25, 0.3) is 0 Å². The Balaban J connectivity index is 1.68. The minimum Gasteiger partial charge on any atom is -0.495 e. The van der Waals surface area contributed by atoms with Crippen LogP contribution in [-0.2, 0) is 4.79 Å². The second kappa shape index (κ2) is 7.40. The number of amides is 1. The molecular weight excluding hydrogens is 260 g/mol. The van der Waals surface area contributed by atoms with Gasteiger partial charge in [-0.25, -0.2) is 0 Å². The number of para-hydroxylation sites is 2. The molecule has 2 rings (SSSR count). The van der Waals surface area contributed by atoms with Crippen molar-refractivity contribution in [3.8, 4) is 5.75 Å². The zero-order valence-electron chi connectivity index (χ0n) is 11.1. The molecule has 0 aliphatic carbocycles. The minimum atomic E-state index is 0.0451. The van der Waals surface area contributed by atoms with Gasteiger partial charge in [0, 0.05) is 12.2 Å². The number of benzene rings is 1. The topological polar surface area (TPSA) is 50.4 Å². The zero-order chi connectivity index (χ0) is 13.5. The molecule has 1 aromatic carbocycles. The second-order valence-electron chi connectivity index (χ2n) is 4.60. The third kappa shape index (κ3) is 4.44. The van der Waals surface area contributed by atoms with E-state index in [4.69, 9.17) is 4.74 Å². The van der Waals surface area contributed by atoms with E-state index in [-0.39, 0.29) is 5.91 Å². The van der Waals surface area contributed by atoms with Crippen LogP contribution in [0.1, 0.15) is 6.42 Å². The first-order valence-electron chi connectivity index (χ1n) is 6.51. The van der Waals surface area contributed by atoms with Crippen LogP contribution in [-0.4, -0.2) is 37.6 Å². The van der Waals surface area contributed by atoms with E-state index in [1.54, 1.807) is 7.11 Å². The molecule has 0 atom stereocenters. The Morgan fingerprint density at radius 3 is 2.95 bits per heavy atom. The van der Waals surface area contributed by atoms with Gasteiger partial charge in [0.1, 0.15) is 5.75 Å². The smallest absolute Gasteiger partial charge is 0.225 e. The molecule has 2 N–H and O–H groups in total. The van der Waals surface area contributed by atoms with Gasteiger partial charge in [0.05, 0.1) is 12.8 Å². The molecule has 0 bridgehead atoms. The summed E-state index contributed by atoms with van der Waals surface area (Å²) in [6.45, 7) is 2.25. The monoisotopic (exact) mass is 280 g/mol. The molecule has 1 amide bonds. The van der Waals surface area contributed by atoms with Crippen LogP contribution in [0, 0.1) is 5.92 Å². The van der Waals surface area contributed by atoms with Crippen LogP contribution in [0.5, 0.6) is 5.75 Å². The van der Waals surface area contributed by atoms with Crippen molar-refractivity contribution < 1.29 is 9.53 Å². The summed E-state index contributed by atoms with van der Waals surface area (Å²) in [7, 11) is 1.60. The lowest BCUT2D eigenvalue weighted by Crippen LogP contribution is -2.43. The maximum atomic E-state index is 11.8. The summed E-state index contributed by atoms with van der Waals surface area (Å²) in [4.78, 5) is 11.8. The van der Waals surface area contributed by atoms with Gasteiger partial charge >= 0.3 is 0 Å². The number of ether oxygens (including phenoxy) is 1. The summed E-state index contributed by atoms with van der Waals surface area (Å²) in [5.74, 6) is 3.56. The number of hydrogen-bond donors (Lipinski definition) is 2. The van der Waals surface area contributed by atoms with E-state index in [0.717, 1.165) is 36.2 Å². The fraction of sp³-hybridized carbons (Fsp3) is 0.500. The van der Waals surface area contributed by atoms with E-state index in [2.05, 4.69) is 10.6 Å². The SMILES string of the molecule is COc1ccccc1NC(=O)CCSCC1CNC1. The summed E-state index contributed by atoms with van der Waals surface area (Å²) in [5.41, 5.74) is 0.739. The van der Waals surface area contributed by atoms with Gasteiger partial charge in [-0.3, -0.25) is 4.79 Å². The largest absolute Gasteiger partial charge is 0.495 e. The first-order chi connectivity index (χ1) is 9.29. The number of carbonyl (C=O) groups excluding carboxylic acids is 1. The Morgan fingerprint density at radius 2 is 2.26 bits per heavy atom. The van der Waals surface area contributed by atoms with Gasteiger partial charge in [-0.1, -0.05) is 12.1 Å². The molecule has 0 aromatic heterocycles. The molecule has 0 unspecified atom stereocenters. The van der Waals surface area contributed by atoms with Crippen LogP contribution in [0.4, 0.5) is 5.69 Å². The summed E-state index contributed by atoms with van der Waals surface area (Å²) in [6, 6.07) is 7.46. The molecule has 1 aliphatic heterocycles. The Kier molecular flexibility index (Phi) is 5.54. The third-order valence-corrected chi connectivity index (χ3v) is 4.27. The maximum Gasteiger partial charge on any atom is 0.225 e. The molecule has 1 saturated heterocycles. The Morgan fingerprint density at radius 1 is 1.47 bits per heavy atom. The molecule has 0 radical (unpaired) electrons. The van der Waals surface area contributed by atoms with Gasteiger partial charge in [-0.05, 0) is 36.9 Å². The number of rotatable bonds is 7. The zero-order valence-corrected chi connectivity index (χ0v) is 12.0. The van der Waals surface area contributed by atoms with Crippen molar-refractivity contribution in [1.82, 2.24) is 5.32 Å². The van der Waals surface area contributed by atoms with E-state index >= 15 is 0 Å². The van der Waals surface area contributed by atoms with Crippen LogP contribution in [0.3, 0.4) is 0 Å². The third-order valence-electron chi connectivity index (χ3n) is 3.07. The van der Waals surface area contributed by atoms with Crippen LogP contribution in [0.25, 0.3) is 0 Å². The molecule has 104 valence electrons. The molecule has 4 nitrogen and oxygen atoms in total. The number of nitrogens with one attached hydrogen (secondary N) is 2. The Bertz CT molecular complexity index is 422. The first-order valence-corrected chi connectivity index (χ1v) is 7.66. The van der Waals surface area contributed by atoms with E-state index in [9.17, 15) is 4.79 Å². The highest BCUT2D eigenvalue weighted by Gasteiger charge is 2.16. The number of hydrogen-bond acceptors (Lipinski definition) is 4. The molecular formula is C14H20N2O2S. The molecule has 1 fully saturated rings. The van der Waals surface area contributed by atoms with Crippen molar-refractivity contribution in [3.05, 3.63) is 24.3 Å². The van der Waals surface area contributed by atoms with Crippen LogP contribution in [0.2, 0.25) is 0 Å². The fourth-order valence-corrected chi connectivity index (χ4v) is 2.91. The predicted octanol–water partition coefficient (Wildman–Crippen LogP) is 1.98. The van der Waals surface area contributed by atoms with Crippen LogP contribution >= 0.6 is 11.8 Å². The molecule has 5 heteroatoms. The lowest BCUT2D eigenvalue weighted by molar-refractivity contribution is -0.115. The number of methoxy groups -OCH3 is 1. The van der Waals surface area contributed by atoms with Gasteiger partial charge in [-0.15, -0.1) is 0 Å². The summed E-state index contributed by atoms with van der Waals surface area (Å²) in [5, 5.41) is 6.14. The highest BCUT2D eigenvalue weighted by atomic mass is 32.2. The maximum absolute atomic E-state index is 11.8. The number of anilines is 1. The van der Waals surface area contributed by atoms with Crippen LogP contribution < -0.4 is 15.4 Å². The average molecular weight is 280 g/mol. The van der Waals surface area contributed by atoms with E-state index in [0.29, 0.717) is 12.2 Å². The summed E-state index contributed by atoms with van der Waals surface area (Å²) >= 11 is 1.85. The van der Waals surface area contributed by atoms with Gasteiger partial charge < -0.3 is 15.4 Å². The van der Waals surface area contributed by atoms with Crippen molar-refractivity contribution in [2.45, 2.75) is 6.42 Å². The Labute approximate surface area is 118 Å². The Hall–Kier alpha value is -1.20. The summed E-state index contributed by atoms with van der Waals surface area (Å²) in [6.07, 6.45) is 0.545. The average Bonchev–Trinajstić information content (AvgIpc) is 2.37. The van der Waals surface area contributed by atoms with Crippen molar-refractivity contribution >= 4 is 23.4 Å². The molecule has 0 spiro atoms. The van der Waals surface area contributed by atoms with E-state index in [1.807, 2.05) is 36.0 Å². The molecule has 19 heavy (non-hydrogen) atoms. The normalized spacial score (nSPS) is 14.8. The highest BCUT2D eigenvalue weighted by molar-refractivity contribution is 7.99. The quantitative estimate of drug-likeness (QED) is 0.750. The molecule has 0 saturated carbocycles. The van der Waals surface area contributed by atoms with E-state index < -0.39 is 0 Å². The standard InChI is InChI=1S/C14H20N2O2S/c1-18-13-5-3-2-4-12(13)16-14(17)6-7-19-10-11-8-15-9-11/h2-5,11,15H,6-10H2,1H3,(H,16,17). The lowest BCUT2D eigenvalue weighted by Gasteiger charge is -2.26. The fourth-order valence-electron chi connectivity index (χ4n) is 1.84. The number of thioether (sulfide) groups is 1. The molecule has 1 aliphatic rings. The van der Waals surface area contributed by atoms with Gasteiger partial charge in [-0.2, -0.15) is 11.8 Å². The number of carbonyl (C=O) groups is 1. The summed E-state index contributed by atoms with van der Waals surface area (Å²) < 4.78 is 5.20. The van der Waals surface area contributed by atoms with Gasteiger partial charge in [0.2, 0.25) is 5.91 Å². The van der Waals surface area contributed by atoms with Crippen molar-refractivity contribution in [2.24, 2.45) is 5.92 Å². The van der Waals surface area contributed by atoms with Crippen LogP contribution in [0.15, 0.2) is 24.3 Å². The molecule has 1 heterocycles. The van der Waals surface area contributed by atoms with Crippen molar-refractivity contribution in [1.29, 1.82) is 0 Å². The lowest BCUT2D eigenvalue weighted by atomic mass is 10.1. The minimum absolute atomic E-state index is 0.0451. The highest BCUT2D eigenvalue weighted by Crippen LogP contribution is 2.23. The van der Waals surface area contributed by atoms with E-state index in [1.165, 1.54) is 0 Å². The molecule has 1 aromatic rings. The first kappa shape index (κ1) is 14.2. The second-order valence-corrected chi connectivity index (χ2v) is 5.75. The van der Waals surface area contributed by atoms with Crippen molar-refractivity contribution in [3.63, 3.8) is 0 Å².